The van der Waals surface area contributed by atoms with Gasteiger partial charge < -0.3 is 20.4 Å². The predicted molar refractivity (Wildman–Crippen MR) is 46.8 cm³/mol. The first-order chi connectivity index (χ1) is 5.68. The summed E-state index contributed by atoms with van der Waals surface area (Å²) < 4.78 is 0. The van der Waals surface area contributed by atoms with Gasteiger partial charge in [0, 0.05) is 13.2 Å². The third-order valence-corrected chi connectivity index (χ3v) is 1.08. The van der Waals surface area contributed by atoms with Crippen molar-refractivity contribution in [3.63, 3.8) is 0 Å². The average Bonchev–Trinajstić information content (AvgIpc) is 2.07. The minimum absolute atomic E-state index is 0.139. The number of unbranched alkanes of at least 4 members (excludes halogenated alkanes) is 2. The molecule has 4 nitrogen and oxygen atoms in total. The molecule has 1 atom stereocenters. The van der Waals surface area contributed by atoms with Gasteiger partial charge in [0.2, 0.25) is 0 Å². The van der Waals surface area contributed by atoms with Crippen molar-refractivity contribution < 1.29 is 20.4 Å². The summed E-state index contributed by atoms with van der Waals surface area (Å²) in [5.41, 5.74) is 0. The molecular weight excluding hydrogens is 160 g/mol. The minimum Gasteiger partial charge on any atom is -0.396 e. The first-order valence-corrected chi connectivity index (χ1v) is 4.19. The molecule has 0 heterocycles. The van der Waals surface area contributed by atoms with E-state index in [0.29, 0.717) is 0 Å². The van der Waals surface area contributed by atoms with E-state index in [2.05, 4.69) is 0 Å². The Balaban J connectivity index is 0. The molecule has 0 unspecified atom stereocenters. The molecule has 0 aliphatic heterocycles. The zero-order chi connectivity index (χ0) is 9.82. The van der Waals surface area contributed by atoms with Gasteiger partial charge >= 0.3 is 0 Å². The highest BCUT2D eigenvalue weighted by Crippen LogP contribution is 1.90. The molecule has 0 rings (SSSR count). The molecule has 0 aromatic heterocycles. The number of aliphatic hydroxyl groups excluding tert-OH is 4. The quantitative estimate of drug-likeness (QED) is 0.430. The monoisotopic (exact) mass is 180 g/mol. The second kappa shape index (κ2) is 13.4. The summed E-state index contributed by atoms with van der Waals surface area (Å²) in [7, 11) is 0. The van der Waals surface area contributed by atoms with E-state index >= 15 is 0 Å². The maximum absolute atomic E-state index is 8.21. The summed E-state index contributed by atoms with van der Waals surface area (Å²) >= 11 is 0. The minimum atomic E-state index is -0.560. The van der Waals surface area contributed by atoms with Crippen LogP contribution in [0.4, 0.5) is 0 Å². The molecule has 0 aromatic rings. The second-order valence-electron chi connectivity index (χ2n) is 2.54. The molecule has 0 fully saturated rings. The Labute approximate surface area is 73.5 Å². The molecule has 4 N–H and O–H groups in total. The molecule has 0 spiro atoms. The van der Waals surface area contributed by atoms with Crippen molar-refractivity contribution in [3.8, 4) is 0 Å². The zero-order valence-electron chi connectivity index (χ0n) is 7.61. The molecule has 0 radical (unpaired) electrons. The summed E-state index contributed by atoms with van der Waals surface area (Å²) in [5, 5.41) is 32.4. The Morgan fingerprint density at radius 3 is 1.42 bits per heavy atom. The summed E-state index contributed by atoms with van der Waals surface area (Å²) in [6.45, 7) is 1.89. The van der Waals surface area contributed by atoms with Gasteiger partial charge in [-0.1, -0.05) is 0 Å². The third kappa shape index (κ3) is 22.5. The molecule has 12 heavy (non-hydrogen) atoms. The van der Waals surface area contributed by atoms with E-state index in [9.17, 15) is 0 Å². The molecule has 0 amide bonds. The lowest BCUT2D eigenvalue weighted by molar-refractivity contribution is 0.110. The molecule has 0 aliphatic rings. The predicted octanol–water partition coefficient (Wildman–Crippen LogP) is -0.499. The van der Waals surface area contributed by atoms with Crippen LogP contribution in [0.15, 0.2) is 0 Å². The summed E-state index contributed by atoms with van der Waals surface area (Å²) in [5.74, 6) is 0. The molecular formula is C8H20O4. The fourth-order valence-corrected chi connectivity index (χ4v) is 0.400. The van der Waals surface area contributed by atoms with Crippen LogP contribution in [-0.2, 0) is 0 Å². The van der Waals surface area contributed by atoms with Crippen molar-refractivity contribution in [2.24, 2.45) is 0 Å². The topological polar surface area (TPSA) is 80.9 Å². The molecule has 0 saturated heterocycles. The molecule has 0 aliphatic carbocycles. The molecule has 0 bridgehead atoms. The van der Waals surface area contributed by atoms with Gasteiger partial charge in [0.1, 0.15) is 0 Å². The molecule has 0 aromatic carbocycles. The van der Waals surface area contributed by atoms with Crippen molar-refractivity contribution in [2.45, 2.75) is 32.3 Å². The van der Waals surface area contributed by atoms with Crippen LogP contribution in [0.3, 0.4) is 0 Å². The number of hydrogen-bond acceptors (Lipinski definition) is 4. The standard InChI is InChI=1S/C5H12O2.C3H8O2/c6-4-2-1-3-5-7;1-3(5)2-4/h6-7H,1-5H2;3-5H,2H2,1H3/t;3-/m.0/s1. The Bertz CT molecular complexity index is 62.1. The van der Waals surface area contributed by atoms with Crippen molar-refractivity contribution in [3.05, 3.63) is 0 Å². The SMILES string of the molecule is C[C@H](O)CO.OCCCCCO. The smallest absolute Gasteiger partial charge is 0.0742 e. The van der Waals surface area contributed by atoms with Gasteiger partial charge in [-0.2, -0.15) is 0 Å². The largest absolute Gasteiger partial charge is 0.396 e. The Kier molecular flexibility index (Phi) is 16.1. The van der Waals surface area contributed by atoms with Crippen molar-refractivity contribution in [1.29, 1.82) is 0 Å². The fourth-order valence-electron chi connectivity index (χ4n) is 0.400. The van der Waals surface area contributed by atoms with E-state index in [1.807, 2.05) is 0 Å². The normalized spacial score (nSPS) is 11.8. The van der Waals surface area contributed by atoms with Crippen LogP contribution in [0.2, 0.25) is 0 Å². The first kappa shape index (κ1) is 14.4. The lowest BCUT2D eigenvalue weighted by Gasteiger charge is -1.90. The lowest BCUT2D eigenvalue weighted by Crippen LogP contribution is -2.03. The van der Waals surface area contributed by atoms with Gasteiger partial charge in [-0.05, 0) is 26.2 Å². The third-order valence-electron chi connectivity index (χ3n) is 1.08. The van der Waals surface area contributed by atoms with Gasteiger partial charge in [-0.15, -0.1) is 0 Å². The molecule has 0 saturated carbocycles. The van der Waals surface area contributed by atoms with Gasteiger partial charge in [-0.25, -0.2) is 0 Å². The highest BCUT2D eigenvalue weighted by molar-refractivity contribution is 4.35. The molecule has 4 heteroatoms. The first-order valence-electron chi connectivity index (χ1n) is 4.19. The maximum Gasteiger partial charge on any atom is 0.0742 e. The number of rotatable bonds is 5. The van der Waals surface area contributed by atoms with Gasteiger partial charge in [0.05, 0.1) is 12.7 Å². The van der Waals surface area contributed by atoms with Crippen LogP contribution >= 0.6 is 0 Å². The molecule has 76 valence electrons. The van der Waals surface area contributed by atoms with Crippen LogP contribution < -0.4 is 0 Å². The number of aliphatic hydroxyl groups is 4. The van der Waals surface area contributed by atoms with E-state index in [-0.39, 0.29) is 19.8 Å². The lowest BCUT2D eigenvalue weighted by atomic mass is 10.2. The van der Waals surface area contributed by atoms with Crippen LogP contribution in [0, 0.1) is 0 Å². The van der Waals surface area contributed by atoms with Gasteiger partial charge in [0.15, 0.2) is 0 Å². The summed E-state index contributed by atoms with van der Waals surface area (Å²) in [6.07, 6.45) is 2.02. The van der Waals surface area contributed by atoms with Crippen LogP contribution in [0.5, 0.6) is 0 Å². The Morgan fingerprint density at radius 2 is 1.25 bits per heavy atom. The van der Waals surface area contributed by atoms with E-state index < -0.39 is 6.10 Å². The van der Waals surface area contributed by atoms with Gasteiger partial charge in [0.25, 0.3) is 0 Å². The van der Waals surface area contributed by atoms with Crippen LogP contribution in [-0.4, -0.2) is 46.4 Å². The Morgan fingerprint density at radius 1 is 0.917 bits per heavy atom. The summed E-state index contributed by atoms with van der Waals surface area (Å²) in [4.78, 5) is 0. The van der Waals surface area contributed by atoms with Crippen LogP contribution in [0.25, 0.3) is 0 Å². The Hall–Kier alpha value is -0.160. The summed E-state index contributed by atoms with van der Waals surface area (Å²) in [6, 6.07) is 0. The number of hydrogen-bond donors (Lipinski definition) is 4. The average molecular weight is 180 g/mol. The van der Waals surface area contributed by atoms with Gasteiger partial charge in [-0.3, -0.25) is 0 Å². The second-order valence-corrected chi connectivity index (χ2v) is 2.54. The highest BCUT2D eigenvalue weighted by Gasteiger charge is 1.83. The van der Waals surface area contributed by atoms with Crippen molar-refractivity contribution >= 4 is 0 Å². The van der Waals surface area contributed by atoms with E-state index in [1.54, 1.807) is 0 Å². The van der Waals surface area contributed by atoms with E-state index in [1.165, 1.54) is 6.92 Å². The maximum atomic E-state index is 8.21. The van der Waals surface area contributed by atoms with Crippen molar-refractivity contribution in [1.82, 2.24) is 0 Å². The van der Waals surface area contributed by atoms with E-state index in [4.69, 9.17) is 20.4 Å². The highest BCUT2D eigenvalue weighted by atomic mass is 16.3. The van der Waals surface area contributed by atoms with E-state index in [0.717, 1.165) is 19.3 Å². The van der Waals surface area contributed by atoms with Crippen molar-refractivity contribution in [2.75, 3.05) is 19.8 Å². The zero-order valence-corrected chi connectivity index (χ0v) is 7.61. The van der Waals surface area contributed by atoms with Crippen LogP contribution in [0.1, 0.15) is 26.2 Å². The fraction of sp³-hybridized carbons (Fsp3) is 1.00.